The summed E-state index contributed by atoms with van der Waals surface area (Å²) in [6.07, 6.45) is 16.7. The predicted octanol–water partition coefficient (Wildman–Crippen LogP) is 4.45. The lowest BCUT2D eigenvalue weighted by Gasteiger charge is -2.43. The fraction of sp³-hybridized carbons (Fsp3) is 0.550. The van der Waals surface area contributed by atoms with Crippen LogP contribution in [0.2, 0.25) is 0 Å². The maximum absolute atomic E-state index is 11.6. The van der Waals surface area contributed by atoms with E-state index in [1.54, 1.807) is 0 Å². The number of terminal acetylenes is 1. The van der Waals surface area contributed by atoms with E-state index < -0.39 is 11.4 Å². The molecule has 0 spiro atoms. The number of aliphatic carboxylic acids is 1. The first-order valence-corrected chi connectivity index (χ1v) is 8.02. The Morgan fingerprint density at radius 3 is 2.68 bits per heavy atom. The molecule has 0 amide bonds. The van der Waals surface area contributed by atoms with Crippen LogP contribution in [0.5, 0.6) is 0 Å². The molecule has 0 aromatic carbocycles. The molecule has 0 heterocycles. The number of carboxylic acid groups (broad SMARTS) is 1. The van der Waals surface area contributed by atoms with Crippen LogP contribution in [0.3, 0.4) is 0 Å². The molecule has 0 aromatic heterocycles. The molecule has 2 rings (SSSR count). The number of hydrogen-bond donors (Lipinski definition) is 1. The van der Waals surface area contributed by atoms with Gasteiger partial charge in [-0.2, -0.15) is 0 Å². The molecular formula is C20H26O2. The molecule has 118 valence electrons. The number of carboxylic acids is 1. The number of carbonyl (C=O) groups is 1. The van der Waals surface area contributed by atoms with Gasteiger partial charge < -0.3 is 5.11 Å². The van der Waals surface area contributed by atoms with Gasteiger partial charge in [0.15, 0.2) is 0 Å². The Hall–Kier alpha value is -1.75. The van der Waals surface area contributed by atoms with Crippen molar-refractivity contribution >= 4 is 5.97 Å². The fourth-order valence-corrected chi connectivity index (χ4v) is 4.23. The highest BCUT2D eigenvalue weighted by Crippen LogP contribution is 2.61. The van der Waals surface area contributed by atoms with Crippen LogP contribution in [0.25, 0.3) is 0 Å². The third-order valence-corrected chi connectivity index (χ3v) is 5.71. The third kappa shape index (κ3) is 2.43. The van der Waals surface area contributed by atoms with Crippen molar-refractivity contribution in [3.8, 4) is 12.3 Å². The average Bonchev–Trinajstić information content (AvgIpc) is 3.20. The molecule has 0 saturated heterocycles. The van der Waals surface area contributed by atoms with Crippen molar-refractivity contribution in [1.29, 1.82) is 0 Å². The molecule has 0 bridgehead atoms. The first-order chi connectivity index (χ1) is 10.3. The molecule has 0 radical (unpaired) electrons. The van der Waals surface area contributed by atoms with E-state index in [4.69, 9.17) is 6.42 Å². The topological polar surface area (TPSA) is 37.3 Å². The Morgan fingerprint density at radius 1 is 1.55 bits per heavy atom. The monoisotopic (exact) mass is 298 g/mol. The summed E-state index contributed by atoms with van der Waals surface area (Å²) >= 11 is 0. The van der Waals surface area contributed by atoms with Crippen LogP contribution in [-0.4, -0.2) is 11.1 Å². The highest BCUT2D eigenvalue weighted by molar-refractivity contribution is 5.83. The predicted molar refractivity (Wildman–Crippen MR) is 90.1 cm³/mol. The van der Waals surface area contributed by atoms with Crippen molar-refractivity contribution in [2.24, 2.45) is 28.6 Å². The Bertz CT molecular complexity index is 573. The first-order valence-electron chi connectivity index (χ1n) is 8.02. The van der Waals surface area contributed by atoms with Gasteiger partial charge in [-0.1, -0.05) is 44.1 Å². The average molecular weight is 298 g/mol. The van der Waals surface area contributed by atoms with E-state index in [0.717, 1.165) is 12.8 Å². The van der Waals surface area contributed by atoms with Crippen molar-refractivity contribution in [2.75, 3.05) is 0 Å². The lowest BCUT2D eigenvalue weighted by molar-refractivity contribution is -0.141. The lowest BCUT2D eigenvalue weighted by Crippen LogP contribution is -2.36. The molecule has 22 heavy (non-hydrogen) atoms. The summed E-state index contributed by atoms with van der Waals surface area (Å²) in [5.41, 5.74) is 0.363. The zero-order valence-corrected chi connectivity index (χ0v) is 13.8. The Kier molecular flexibility index (Phi) is 4.38. The molecule has 4 unspecified atom stereocenters. The minimum atomic E-state index is -0.975. The molecule has 2 aliphatic carbocycles. The molecule has 0 aliphatic heterocycles. The number of allylic oxidation sites excluding steroid dienone is 5. The quantitative estimate of drug-likeness (QED) is 0.601. The largest absolute Gasteiger partial charge is 0.480 e. The van der Waals surface area contributed by atoms with Crippen molar-refractivity contribution < 1.29 is 9.90 Å². The SMILES string of the molecule is C#CC1(C(=O)O)CC1C(C=C)C1CCC=C(C=CC)C1(C)C. The van der Waals surface area contributed by atoms with E-state index >= 15 is 0 Å². The molecule has 2 nitrogen and oxygen atoms in total. The third-order valence-electron chi connectivity index (χ3n) is 5.71. The summed E-state index contributed by atoms with van der Waals surface area (Å²) in [5.74, 6) is 2.23. The Labute approximate surface area is 134 Å². The van der Waals surface area contributed by atoms with Crippen LogP contribution in [0, 0.1) is 40.9 Å². The maximum Gasteiger partial charge on any atom is 0.322 e. The standard InChI is InChI=1S/C20H26O2/c1-6-10-14-11-9-12-16(19(14,4)5)15(7-2)17-13-20(17,8-3)18(21)22/h3,6-7,10-11,15-17H,2,9,12-13H2,1,4-5H3,(H,21,22). The molecule has 1 saturated carbocycles. The van der Waals surface area contributed by atoms with Crippen molar-refractivity contribution in [3.63, 3.8) is 0 Å². The van der Waals surface area contributed by atoms with E-state index in [0.29, 0.717) is 12.3 Å². The van der Waals surface area contributed by atoms with E-state index in [1.807, 2.05) is 13.0 Å². The summed E-state index contributed by atoms with van der Waals surface area (Å²) in [5, 5.41) is 9.48. The maximum atomic E-state index is 11.6. The first kappa shape index (κ1) is 16.6. The molecule has 0 aromatic rings. The van der Waals surface area contributed by atoms with Crippen LogP contribution in [0.4, 0.5) is 0 Å². The van der Waals surface area contributed by atoms with Gasteiger partial charge in [-0.3, -0.25) is 4.79 Å². The highest BCUT2D eigenvalue weighted by atomic mass is 16.4. The van der Waals surface area contributed by atoms with Crippen LogP contribution < -0.4 is 0 Å². The molecule has 4 atom stereocenters. The van der Waals surface area contributed by atoms with Gasteiger partial charge in [-0.25, -0.2) is 0 Å². The molecule has 2 heteroatoms. The van der Waals surface area contributed by atoms with E-state index in [9.17, 15) is 9.90 Å². The Balaban J connectivity index is 2.31. The molecule has 1 fully saturated rings. The second kappa shape index (κ2) is 5.80. The van der Waals surface area contributed by atoms with Gasteiger partial charge in [0, 0.05) is 0 Å². The summed E-state index contributed by atoms with van der Waals surface area (Å²) in [6.45, 7) is 10.5. The van der Waals surface area contributed by atoms with Gasteiger partial charge >= 0.3 is 5.97 Å². The van der Waals surface area contributed by atoms with Gasteiger partial charge in [-0.15, -0.1) is 13.0 Å². The van der Waals surface area contributed by atoms with Crippen LogP contribution >= 0.6 is 0 Å². The van der Waals surface area contributed by atoms with Crippen molar-refractivity contribution in [1.82, 2.24) is 0 Å². The Morgan fingerprint density at radius 2 is 2.23 bits per heavy atom. The summed E-state index contributed by atoms with van der Waals surface area (Å²) in [6, 6.07) is 0. The second-order valence-corrected chi connectivity index (χ2v) is 7.11. The van der Waals surface area contributed by atoms with Gasteiger partial charge in [0.1, 0.15) is 5.41 Å². The van der Waals surface area contributed by atoms with E-state index in [2.05, 4.69) is 44.6 Å². The van der Waals surface area contributed by atoms with Crippen molar-refractivity contribution in [2.45, 2.75) is 40.0 Å². The van der Waals surface area contributed by atoms with Crippen molar-refractivity contribution in [3.05, 3.63) is 36.5 Å². The molecule has 1 N–H and O–H groups in total. The zero-order valence-electron chi connectivity index (χ0n) is 13.8. The van der Waals surface area contributed by atoms with Gasteiger partial charge in [0.2, 0.25) is 0 Å². The van der Waals surface area contributed by atoms with Gasteiger partial charge in [0.05, 0.1) is 0 Å². The molecular weight excluding hydrogens is 272 g/mol. The summed E-state index contributed by atoms with van der Waals surface area (Å²) in [4.78, 5) is 11.6. The smallest absolute Gasteiger partial charge is 0.322 e. The van der Waals surface area contributed by atoms with Gasteiger partial charge in [0.25, 0.3) is 0 Å². The van der Waals surface area contributed by atoms with E-state index in [1.165, 1.54) is 5.57 Å². The minimum absolute atomic E-state index is 0.00501. The summed E-state index contributed by atoms with van der Waals surface area (Å²) in [7, 11) is 0. The highest BCUT2D eigenvalue weighted by Gasteiger charge is 2.63. The minimum Gasteiger partial charge on any atom is -0.480 e. The van der Waals surface area contributed by atoms with Gasteiger partial charge in [-0.05, 0) is 54.9 Å². The number of hydrogen-bond acceptors (Lipinski definition) is 1. The summed E-state index contributed by atoms with van der Waals surface area (Å²) < 4.78 is 0. The number of rotatable bonds is 5. The second-order valence-electron chi connectivity index (χ2n) is 7.11. The molecule has 2 aliphatic rings. The normalized spacial score (nSPS) is 34.5. The fourth-order valence-electron chi connectivity index (χ4n) is 4.23. The lowest BCUT2D eigenvalue weighted by atomic mass is 9.61. The van der Waals surface area contributed by atoms with E-state index in [-0.39, 0.29) is 17.3 Å². The van der Waals surface area contributed by atoms with Crippen LogP contribution in [-0.2, 0) is 4.79 Å². The van der Waals surface area contributed by atoms with Crippen LogP contribution in [0.15, 0.2) is 36.5 Å². The van der Waals surface area contributed by atoms with Crippen LogP contribution in [0.1, 0.15) is 40.0 Å². The zero-order chi connectivity index (χ0) is 16.5.